The summed E-state index contributed by atoms with van der Waals surface area (Å²) in [5, 5.41) is 19.9. The molecule has 47 heavy (non-hydrogen) atoms. The lowest BCUT2D eigenvalue weighted by Gasteiger charge is -2.28. The van der Waals surface area contributed by atoms with Crippen LogP contribution < -0.4 is 35.0 Å². The highest BCUT2D eigenvalue weighted by Gasteiger charge is 2.32. The van der Waals surface area contributed by atoms with Crippen molar-refractivity contribution in [2.24, 2.45) is 5.10 Å². The van der Waals surface area contributed by atoms with Gasteiger partial charge in [-0.1, -0.05) is 24.3 Å². The Balaban J connectivity index is 1.40. The molecule has 3 aromatic rings. The highest BCUT2D eigenvalue weighted by atomic mass is 79.9. The van der Waals surface area contributed by atoms with Crippen LogP contribution in [0.1, 0.15) is 43.5 Å². The third-order valence-electron chi connectivity index (χ3n) is 6.77. The zero-order valence-electron chi connectivity index (χ0n) is 26.3. The quantitative estimate of drug-likeness (QED) is 0.0732. The van der Waals surface area contributed by atoms with Gasteiger partial charge in [-0.05, 0) is 78.2 Å². The fourth-order valence-electron chi connectivity index (χ4n) is 4.65. The van der Waals surface area contributed by atoms with E-state index in [1.165, 1.54) is 19.4 Å². The summed E-state index contributed by atoms with van der Waals surface area (Å²) >= 11 is 3.49. The average Bonchev–Trinajstić information content (AvgIpc) is 3.04. The molecule has 0 aromatic heterocycles. The Bertz CT molecular complexity index is 1650. The molecule has 4 rings (SSSR count). The van der Waals surface area contributed by atoms with Crippen molar-refractivity contribution in [3.05, 3.63) is 92.8 Å². The summed E-state index contributed by atoms with van der Waals surface area (Å²) in [6.45, 7) is 5.76. The summed E-state index contributed by atoms with van der Waals surface area (Å²) in [7, 11) is 1.27. The molecule has 0 saturated heterocycles. The number of ether oxygens (including phenoxy) is 5. The number of hydrazone groups is 1. The van der Waals surface area contributed by atoms with Gasteiger partial charge in [-0.3, -0.25) is 5.43 Å². The largest absolute Gasteiger partial charge is 0.490 e. The third kappa shape index (κ3) is 9.14. The van der Waals surface area contributed by atoms with Crippen LogP contribution in [0.15, 0.2) is 75.4 Å². The van der Waals surface area contributed by atoms with Gasteiger partial charge >= 0.3 is 12.0 Å². The van der Waals surface area contributed by atoms with Gasteiger partial charge in [-0.15, -0.1) is 0 Å². The summed E-state index contributed by atoms with van der Waals surface area (Å²) in [5.74, 6) is 0.583. The van der Waals surface area contributed by atoms with Gasteiger partial charge < -0.3 is 39.4 Å². The van der Waals surface area contributed by atoms with Crippen molar-refractivity contribution in [2.75, 3.05) is 26.9 Å². The van der Waals surface area contributed by atoms with Crippen molar-refractivity contribution in [3.8, 4) is 23.0 Å². The summed E-state index contributed by atoms with van der Waals surface area (Å²) in [4.78, 5) is 24.6. The Labute approximate surface area is 280 Å². The molecule has 1 aliphatic heterocycles. The van der Waals surface area contributed by atoms with Crippen LogP contribution in [0.3, 0.4) is 0 Å². The van der Waals surface area contributed by atoms with Gasteiger partial charge in [0, 0.05) is 11.3 Å². The summed E-state index contributed by atoms with van der Waals surface area (Å²) < 4.78 is 42.7. The molecule has 3 aromatic carbocycles. The van der Waals surface area contributed by atoms with Gasteiger partial charge in [0.2, 0.25) is 0 Å². The van der Waals surface area contributed by atoms with E-state index in [2.05, 4.69) is 37.1 Å². The maximum atomic E-state index is 14.1. The zero-order valence-corrected chi connectivity index (χ0v) is 27.9. The number of aliphatic hydroxyl groups excluding tert-OH is 1. The molecule has 0 fully saturated rings. The second kappa shape index (κ2) is 16.7. The Hall–Kier alpha value is -4.82. The molecule has 1 heterocycles. The summed E-state index contributed by atoms with van der Waals surface area (Å²) in [5.41, 5.74) is 4.85. The number of methoxy groups -OCH3 is 1. The van der Waals surface area contributed by atoms with E-state index in [1.54, 1.807) is 62.4 Å². The molecule has 0 spiro atoms. The molecule has 4 N–H and O–H groups in total. The lowest BCUT2D eigenvalue weighted by molar-refractivity contribution is -0.136. The van der Waals surface area contributed by atoms with E-state index < -0.39 is 24.3 Å². The summed E-state index contributed by atoms with van der Waals surface area (Å²) in [6, 6.07) is 13.5. The molecule has 0 saturated carbocycles. The number of rotatable bonds is 15. The fraction of sp³-hybridized carbons (Fsp3) is 0.303. The molecule has 12 nitrogen and oxygen atoms in total. The Morgan fingerprint density at radius 3 is 2.53 bits per heavy atom. The first-order valence-electron chi connectivity index (χ1n) is 14.7. The number of hydrogen-bond donors (Lipinski definition) is 4. The van der Waals surface area contributed by atoms with Gasteiger partial charge in [0.05, 0.1) is 42.6 Å². The first-order valence-corrected chi connectivity index (χ1v) is 15.5. The van der Waals surface area contributed by atoms with E-state index in [9.17, 15) is 19.1 Å². The number of amides is 2. The minimum Gasteiger partial charge on any atom is -0.490 e. The van der Waals surface area contributed by atoms with Crippen molar-refractivity contribution in [1.82, 2.24) is 16.1 Å². The minimum atomic E-state index is -1.20. The lowest BCUT2D eigenvalue weighted by atomic mass is 9.95. The van der Waals surface area contributed by atoms with Gasteiger partial charge in [0.1, 0.15) is 19.0 Å². The van der Waals surface area contributed by atoms with E-state index in [0.717, 1.165) is 0 Å². The van der Waals surface area contributed by atoms with Crippen LogP contribution in [0.2, 0.25) is 0 Å². The van der Waals surface area contributed by atoms with Crippen LogP contribution in [0.25, 0.3) is 0 Å². The van der Waals surface area contributed by atoms with Crippen LogP contribution in [0, 0.1) is 5.82 Å². The number of esters is 1. The molecule has 14 heteroatoms. The van der Waals surface area contributed by atoms with E-state index in [0.29, 0.717) is 63.1 Å². The molecule has 0 unspecified atom stereocenters. The molecule has 250 valence electrons. The SMILES string of the molecule is CCOc1cc([C@H]2NC(=O)NC(C)=C2C(=O)OC)ccc1OC[C@H](O)N/N=C\c1cc(Br)c(OCc2ccccc2F)c(OCC)c1. The third-order valence-corrected chi connectivity index (χ3v) is 7.36. The Morgan fingerprint density at radius 2 is 1.81 bits per heavy atom. The van der Waals surface area contributed by atoms with Gasteiger partial charge in [-0.2, -0.15) is 5.10 Å². The first kappa shape index (κ1) is 35.0. The van der Waals surface area contributed by atoms with Crippen LogP contribution in [0.5, 0.6) is 23.0 Å². The van der Waals surface area contributed by atoms with Crippen molar-refractivity contribution in [3.63, 3.8) is 0 Å². The predicted molar refractivity (Wildman–Crippen MR) is 175 cm³/mol. The second-order valence-electron chi connectivity index (χ2n) is 10.1. The first-order chi connectivity index (χ1) is 22.6. The highest BCUT2D eigenvalue weighted by Crippen LogP contribution is 2.38. The maximum Gasteiger partial charge on any atom is 0.337 e. The number of halogens is 2. The number of carbonyl (C=O) groups excluding carboxylic acids is 2. The topological polar surface area (TPSA) is 149 Å². The fourth-order valence-corrected chi connectivity index (χ4v) is 5.23. The van der Waals surface area contributed by atoms with Gasteiger partial charge in [-0.25, -0.2) is 14.0 Å². The van der Waals surface area contributed by atoms with Crippen molar-refractivity contribution in [2.45, 2.75) is 39.6 Å². The Morgan fingerprint density at radius 1 is 1.06 bits per heavy atom. The number of urea groups is 1. The normalized spacial score (nSPS) is 15.0. The predicted octanol–water partition coefficient (Wildman–Crippen LogP) is 5.09. The van der Waals surface area contributed by atoms with Crippen LogP contribution >= 0.6 is 15.9 Å². The Kier molecular flexibility index (Phi) is 12.4. The number of nitrogens with one attached hydrogen (secondary N) is 3. The number of allylic oxidation sites excluding steroid dienone is 1. The van der Waals surface area contributed by atoms with Crippen LogP contribution in [-0.4, -0.2) is 56.5 Å². The molecule has 0 bridgehead atoms. The van der Waals surface area contributed by atoms with E-state index in [1.807, 2.05) is 6.92 Å². The maximum absolute atomic E-state index is 14.1. The molecular weight excluding hydrogens is 679 g/mol. The number of benzene rings is 3. The number of hydrogen-bond acceptors (Lipinski definition) is 10. The van der Waals surface area contributed by atoms with Crippen LogP contribution in [0.4, 0.5) is 9.18 Å². The summed E-state index contributed by atoms with van der Waals surface area (Å²) in [6.07, 6.45) is 0.290. The molecule has 2 amide bonds. The molecular formula is C33H36BrFN4O8. The average molecular weight is 716 g/mol. The second-order valence-corrected chi connectivity index (χ2v) is 10.9. The number of nitrogens with zero attached hydrogens (tertiary/aromatic N) is 1. The minimum absolute atomic E-state index is 0.0140. The van der Waals surface area contributed by atoms with Crippen molar-refractivity contribution < 1.29 is 42.8 Å². The molecule has 0 aliphatic carbocycles. The molecule has 0 radical (unpaired) electrons. The lowest BCUT2D eigenvalue weighted by Crippen LogP contribution is -2.45. The number of aliphatic hydroxyl groups is 1. The van der Waals surface area contributed by atoms with E-state index in [-0.39, 0.29) is 24.6 Å². The smallest absolute Gasteiger partial charge is 0.337 e. The van der Waals surface area contributed by atoms with Gasteiger partial charge in [0.15, 0.2) is 29.2 Å². The standard InChI is InChI=1S/C33H36BrFN4O8/c1-5-44-26-15-21(30-29(32(41)43-4)19(3)37-33(42)38-30)11-12-25(26)46-18-28(40)39-36-16-20-13-23(34)31(27(14-20)45-6-2)47-17-22-9-7-8-10-24(22)35/h7-16,28,30,39-40H,5-6,17-18H2,1-4H3,(H2,37,38,42)/b36-16-/t28-,30+/m0/s1. The molecule has 2 atom stereocenters. The van der Waals surface area contributed by atoms with Crippen LogP contribution in [-0.2, 0) is 16.1 Å². The van der Waals surface area contributed by atoms with Crippen molar-refractivity contribution >= 4 is 34.1 Å². The zero-order chi connectivity index (χ0) is 33.9. The van der Waals surface area contributed by atoms with E-state index >= 15 is 0 Å². The van der Waals surface area contributed by atoms with E-state index in [4.69, 9.17) is 23.7 Å². The van der Waals surface area contributed by atoms with Crippen molar-refractivity contribution in [1.29, 1.82) is 0 Å². The number of carbonyl (C=O) groups is 2. The monoisotopic (exact) mass is 714 g/mol. The molecule has 1 aliphatic rings. The van der Waals surface area contributed by atoms with Gasteiger partial charge in [0.25, 0.3) is 0 Å². The highest BCUT2D eigenvalue weighted by molar-refractivity contribution is 9.10.